The Morgan fingerprint density at radius 2 is 1.92 bits per heavy atom. The second-order valence-electron chi connectivity index (χ2n) is 2.08. The van der Waals surface area contributed by atoms with E-state index in [-0.39, 0.29) is 19.3 Å². The number of carbonyl (C=O) groups excluding carboxylic acids is 4. The van der Waals surface area contributed by atoms with E-state index in [2.05, 4.69) is 0 Å². The maximum Gasteiger partial charge on any atom is 0.202 e. The molecule has 0 N–H and O–H groups in total. The highest BCUT2D eigenvalue weighted by atomic mass is 16.2. The van der Waals surface area contributed by atoms with Crippen LogP contribution in [0.4, 0.5) is 0 Å². The monoisotopic (exact) mass is 168 g/mol. The fraction of sp³-hybridized carbons (Fsp3) is 0.375. The molecule has 0 amide bonds. The minimum atomic E-state index is -0.653. The fourth-order valence-corrected chi connectivity index (χ4v) is 0.578. The zero-order valence-corrected chi connectivity index (χ0v) is 6.41. The molecule has 0 spiro atoms. The first-order valence-electron chi connectivity index (χ1n) is 3.41. The lowest BCUT2D eigenvalue weighted by Gasteiger charge is -1.91. The van der Waals surface area contributed by atoms with E-state index in [0.717, 1.165) is 6.08 Å². The molecule has 0 heterocycles. The predicted molar refractivity (Wildman–Crippen MR) is 40.2 cm³/mol. The van der Waals surface area contributed by atoms with Crippen molar-refractivity contribution in [1.29, 1.82) is 0 Å². The van der Waals surface area contributed by atoms with E-state index in [1.807, 2.05) is 0 Å². The second kappa shape index (κ2) is 6.19. The summed E-state index contributed by atoms with van der Waals surface area (Å²) in [5.41, 5.74) is 0. The van der Waals surface area contributed by atoms with Crippen LogP contribution in [0.5, 0.6) is 0 Å². The summed E-state index contributed by atoms with van der Waals surface area (Å²) in [5, 5.41) is 0. The van der Waals surface area contributed by atoms with Gasteiger partial charge in [-0.15, -0.1) is 0 Å². The summed E-state index contributed by atoms with van der Waals surface area (Å²) in [7, 11) is 0. The van der Waals surface area contributed by atoms with Crippen molar-refractivity contribution in [2.24, 2.45) is 0 Å². The minimum Gasteiger partial charge on any atom is -0.303 e. The van der Waals surface area contributed by atoms with Crippen LogP contribution in [0.25, 0.3) is 0 Å². The summed E-state index contributed by atoms with van der Waals surface area (Å²) in [6.45, 7) is 0. The lowest BCUT2D eigenvalue weighted by atomic mass is 10.1. The molecule has 0 aromatic rings. The molecule has 0 bridgehead atoms. The maximum absolute atomic E-state index is 10.7. The topological polar surface area (TPSA) is 68.3 Å². The third-order valence-electron chi connectivity index (χ3n) is 1.17. The fourth-order valence-electron chi connectivity index (χ4n) is 0.578. The van der Waals surface area contributed by atoms with Crippen molar-refractivity contribution in [3.8, 4) is 0 Å². The number of hydrogen-bond acceptors (Lipinski definition) is 4. The Hall–Kier alpha value is -1.54. The third-order valence-corrected chi connectivity index (χ3v) is 1.17. The molecule has 12 heavy (non-hydrogen) atoms. The van der Waals surface area contributed by atoms with Crippen LogP contribution in [-0.4, -0.2) is 23.8 Å². The highest BCUT2D eigenvalue weighted by Crippen LogP contribution is 1.93. The standard InChI is InChI=1S/C8H8O4/c9-5-1-3-7(11)8(12)4-2-6-10/h1,6H,2-4H2. The molecule has 0 aromatic carbocycles. The first-order chi connectivity index (χ1) is 5.72. The Labute approximate surface area is 69.3 Å². The first-order valence-corrected chi connectivity index (χ1v) is 3.41. The van der Waals surface area contributed by atoms with Gasteiger partial charge in [0.1, 0.15) is 12.2 Å². The molecule has 0 aliphatic carbocycles. The summed E-state index contributed by atoms with van der Waals surface area (Å²) < 4.78 is 0. The van der Waals surface area contributed by atoms with Crippen LogP contribution in [0.15, 0.2) is 6.08 Å². The molecule has 64 valence electrons. The Balaban J connectivity index is 3.84. The van der Waals surface area contributed by atoms with Gasteiger partial charge in [-0.1, -0.05) is 0 Å². The van der Waals surface area contributed by atoms with E-state index in [0.29, 0.717) is 6.29 Å². The quantitative estimate of drug-likeness (QED) is 0.315. The van der Waals surface area contributed by atoms with Gasteiger partial charge in [-0.25, -0.2) is 4.79 Å². The summed E-state index contributed by atoms with van der Waals surface area (Å²) in [4.78, 5) is 40.9. The molecule has 0 unspecified atom stereocenters. The molecule has 4 nitrogen and oxygen atoms in total. The van der Waals surface area contributed by atoms with E-state index >= 15 is 0 Å². The van der Waals surface area contributed by atoms with Crippen LogP contribution in [0.3, 0.4) is 0 Å². The summed E-state index contributed by atoms with van der Waals surface area (Å²) in [5.74, 6) is 0.122. The van der Waals surface area contributed by atoms with Gasteiger partial charge < -0.3 is 4.79 Å². The Morgan fingerprint density at radius 1 is 1.25 bits per heavy atom. The summed E-state index contributed by atoms with van der Waals surface area (Å²) in [6, 6.07) is 0. The van der Waals surface area contributed by atoms with Crippen molar-refractivity contribution in [3.05, 3.63) is 6.08 Å². The maximum atomic E-state index is 10.7. The van der Waals surface area contributed by atoms with Crippen molar-refractivity contribution < 1.29 is 19.2 Å². The average molecular weight is 168 g/mol. The largest absolute Gasteiger partial charge is 0.303 e. The predicted octanol–water partition coefficient (Wildman–Crippen LogP) is -0.118. The molecule has 0 aliphatic heterocycles. The van der Waals surface area contributed by atoms with E-state index in [4.69, 9.17) is 0 Å². The van der Waals surface area contributed by atoms with Gasteiger partial charge in [0.15, 0.2) is 5.78 Å². The van der Waals surface area contributed by atoms with Gasteiger partial charge in [-0.3, -0.25) is 9.59 Å². The Morgan fingerprint density at radius 3 is 2.42 bits per heavy atom. The summed E-state index contributed by atoms with van der Waals surface area (Å²) >= 11 is 0. The third kappa shape index (κ3) is 4.30. The average Bonchev–Trinajstić information content (AvgIpc) is 2.10. The number of allylic oxidation sites excluding steroid dienone is 1. The van der Waals surface area contributed by atoms with Crippen LogP contribution in [0, 0.1) is 0 Å². The Bertz CT molecular complexity index is 235. The molecule has 0 rings (SSSR count). The highest BCUT2D eigenvalue weighted by Gasteiger charge is 2.10. The number of aldehydes is 1. The van der Waals surface area contributed by atoms with E-state index in [9.17, 15) is 19.2 Å². The molecule has 0 radical (unpaired) electrons. The minimum absolute atomic E-state index is 0.0510. The molecule has 0 aliphatic rings. The molecule has 0 fully saturated rings. The second-order valence-corrected chi connectivity index (χ2v) is 2.08. The lowest BCUT2D eigenvalue weighted by Crippen LogP contribution is -2.12. The van der Waals surface area contributed by atoms with Gasteiger partial charge >= 0.3 is 0 Å². The smallest absolute Gasteiger partial charge is 0.202 e. The zero-order chi connectivity index (χ0) is 9.40. The van der Waals surface area contributed by atoms with Crippen molar-refractivity contribution in [2.75, 3.05) is 0 Å². The van der Waals surface area contributed by atoms with Crippen LogP contribution >= 0.6 is 0 Å². The van der Waals surface area contributed by atoms with Gasteiger partial charge in [-0.2, -0.15) is 0 Å². The number of carbonyl (C=O) groups is 3. The van der Waals surface area contributed by atoms with E-state index in [1.54, 1.807) is 0 Å². The first kappa shape index (κ1) is 10.5. The number of Topliss-reactive ketones (excluding diaryl/α,β-unsaturated/α-hetero) is 2. The SMILES string of the molecule is O=C=CCC(=O)C(=O)CCC=O. The van der Waals surface area contributed by atoms with Crippen LogP contribution in [0.1, 0.15) is 19.3 Å². The number of rotatable bonds is 6. The van der Waals surface area contributed by atoms with E-state index < -0.39 is 11.6 Å². The normalized spacial score (nSPS) is 8.33. The molecule has 0 saturated carbocycles. The number of ketones is 2. The van der Waals surface area contributed by atoms with Crippen molar-refractivity contribution in [2.45, 2.75) is 19.3 Å². The Kier molecular flexibility index (Phi) is 5.39. The summed E-state index contributed by atoms with van der Waals surface area (Å²) in [6.07, 6.45) is 1.27. The van der Waals surface area contributed by atoms with Crippen molar-refractivity contribution >= 4 is 23.8 Å². The van der Waals surface area contributed by atoms with E-state index in [1.165, 1.54) is 5.94 Å². The van der Waals surface area contributed by atoms with Crippen LogP contribution in [-0.2, 0) is 19.2 Å². The number of hydrogen-bond donors (Lipinski definition) is 0. The molecular formula is C8H8O4. The zero-order valence-electron chi connectivity index (χ0n) is 6.41. The van der Waals surface area contributed by atoms with Gasteiger partial charge in [0.25, 0.3) is 0 Å². The van der Waals surface area contributed by atoms with Crippen molar-refractivity contribution in [1.82, 2.24) is 0 Å². The molecule has 0 saturated heterocycles. The molecule has 0 aromatic heterocycles. The molecule has 0 atom stereocenters. The van der Waals surface area contributed by atoms with Crippen molar-refractivity contribution in [3.63, 3.8) is 0 Å². The van der Waals surface area contributed by atoms with Gasteiger partial charge in [0.05, 0.1) is 0 Å². The van der Waals surface area contributed by atoms with Crippen LogP contribution < -0.4 is 0 Å². The molecule has 4 heteroatoms. The highest BCUT2D eigenvalue weighted by molar-refractivity contribution is 6.37. The van der Waals surface area contributed by atoms with Crippen LogP contribution in [0.2, 0.25) is 0 Å². The lowest BCUT2D eigenvalue weighted by molar-refractivity contribution is -0.136. The molecular weight excluding hydrogens is 160 g/mol. The van der Waals surface area contributed by atoms with Gasteiger partial charge in [0, 0.05) is 25.3 Å². The van der Waals surface area contributed by atoms with Gasteiger partial charge in [-0.05, 0) is 0 Å². The van der Waals surface area contributed by atoms with Gasteiger partial charge in [0.2, 0.25) is 5.78 Å².